The number of rotatable bonds is 5. The minimum absolute atomic E-state index is 0.0651. The fraction of sp³-hybridized carbons (Fsp3) is 0.429. The number of nitrogens with zero attached hydrogens (tertiary/aromatic N) is 1. The van der Waals surface area contributed by atoms with Crippen LogP contribution < -0.4 is 10.6 Å². The van der Waals surface area contributed by atoms with Crippen molar-refractivity contribution in [2.24, 2.45) is 5.92 Å². The second-order valence-corrected chi connectivity index (χ2v) is 8.26. The second kappa shape index (κ2) is 9.65. The van der Waals surface area contributed by atoms with Gasteiger partial charge in [-0.2, -0.15) is 0 Å². The Hall–Kier alpha value is -2.74. The van der Waals surface area contributed by atoms with E-state index in [1.54, 1.807) is 6.92 Å². The molecule has 0 bridgehead atoms. The summed E-state index contributed by atoms with van der Waals surface area (Å²) in [5, 5.41) is 5.76. The summed E-state index contributed by atoms with van der Waals surface area (Å²) in [6.07, 6.45) is 4.21. The average Bonchev–Trinajstić information content (AvgIpc) is 3.10. The van der Waals surface area contributed by atoms with E-state index in [9.17, 15) is 14.4 Å². The number of thiazole rings is 1. The number of carbonyl (C=O) groups excluding carboxylic acids is 3. The molecule has 154 valence electrons. The van der Waals surface area contributed by atoms with E-state index in [2.05, 4.69) is 22.5 Å². The van der Waals surface area contributed by atoms with Gasteiger partial charge < -0.3 is 10.1 Å². The van der Waals surface area contributed by atoms with Gasteiger partial charge in [0.05, 0.1) is 5.69 Å². The molecule has 29 heavy (non-hydrogen) atoms. The van der Waals surface area contributed by atoms with Crippen molar-refractivity contribution in [1.29, 1.82) is 0 Å². The zero-order chi connectivity index (χ0) is 20.8. The van der Waals surface area contributed by atoms with Crippen LogP contribution >= 0.6 is 11.3 Å². The minimum atomic E-state index is -0.662. The maximum Gasteiger partial charge on any atom is 0.350 e. The van der Waals surface area contributed by atoms with Gasteiger partial charge in [-0.3, -0.25) is 10.1 Å². The molecule has 0 spiro atoms. The smallest absolute Gasteiger partial charge is 0.350 e. The highest BCUT2D eigenvalue weighted by molar-refractivity contribution is 7.17. The van der Waals surface area contributed by atoms with Crippen LogP contribution in [0, 0.1) is 12.8 Å². The van der Waals surface area contributed by atoms with E-state index in [0.29, 0.717) is 21.5 Å². The normalized spacial score (nSPS) is 18.7. The summed E-state index contributed by atoms with van der Waals surface area (Å²) in [6, 6.07) is 9.03. The number of esters is 1. The zero-order valence-electron chi connectivity index (χ0n) is 16.6. The third-order valence-electron chi connectivity index (χ3n) is 5.02. The van der Waals surface area contributed by atoms with Gasteiger partial charge in [-0.25, -0.2) is 14.6 Å². The second-order valence-electron chi connectivity index (χ2n) is 7.27. The highest BCUT2D eigenvalue weighted by Crippen LogP contribution is 2.28. The Morgan fingerprint density at radius 3 is 2.62 bits per heavy atom. The van der Waals surface area contributed by atoms with Crippen LogP contribution in [0.5, 0.6) is 0 Å². The first kappa shape index (κ1) is 21.0. The van der Waals surface area contributed by atoms with Crippen molar-refractivity contribution in [2.75, 3.05) is 6.61 Å². The summed E-state index contributed by atoms with van der Waals surface area (Å²) in [5.41, 5.74) is 1.45. The molecular weight excluding hydrogens is 390 g/mol. The molecule has 2 N–H and O–H groups in total. The summed E-state index contributed by atoms with van der Waals surface area (Å²) >= 11 is 1.21. The van der Waals surface area contributed by atoms with E-state index in [1.807, 2.05) is 30.3 Å². The van der Waals surface area contributed by atoms with E-state index < -0.39 is 24.5 Å². The first-order chi connectivity index (χ1) is 13.9. The lowest BCUT2D eigenvalue weighted by Gasteiger charge is -2.29. The van der Waals surface area contributed by atoms with Crippen molar-refractivity contribution in [3.8, 4) is 10.6 Å². The molecule has 1 aromatic heterocycles. The lowest BCUT2D eigenvalue weighted by atomic mass is 9.86. The summed E-state index contributed by atoms with van der Waals surface area (Å²) in [4.78, 5) is 41.0. The van der Waals surface area contributed by atoms with Crippen LogP contribution in [0.2, 0.25) is 0 Å². The van der Waals surface area contributed by atoms with Crippen LogP contribution in [0.1, 0.15) is 48.0 Å². The van der Waals surface area contributed by atoms with Gasteiger partial charge in [0, 0.05) is 11.6 Å². The van der Waals surface area contributed by atoms with Crippen LogP contribution in [0.3, 0.4) is 0 Å². The maximum absolute atomic E-state index is 12.3. The Labute approximate surface area is 173 Å². The molecule has 0 saturated heterocycles. The molecular formula is C21H25N3O4S. The van der Waals surface area contributed by atoms with Gasteiger partial charge in [0.25, 0.3) is 5.91 Å². The molecule has 3 amide bonds. The molecule has 1 heterocycles. The van der Waals surface area contributed by atoms with Crippen molar-refractivity contribution in [2.45, 2.75) is 45.6 Å². The van der Waals surface area contributed by atoms with Crippen LogP contribution in [0.15, 0.2) is 30.3 Å². The van der Waals surface area contributed by atoms with Gasteiger partial charge in [-0.05, 0) is 25.7 Å². The Bertz CT molecular complexity index is 881. The van der Waals surface area contributed by atoms with Crippen molar-refractivity contribution >= 4 is 29.2 Å². The number of hydrogen-bond donors (Lipinski definition) is 2. The van der Waals surface area contributed by atoms with Gasteiger partial charge in [0.1, 0.15) is 9.88 Å². The standard InChI is InChI=1S/C21H25N3O4S/c1-13-8-6-7-11-16(13)23-21(27)24-17(25)12-28-20(26)18-14(2)22-19(29-18)15-9-4-3-5-10-15/h3-5,9-10,13,16H,6-8,11-12H2,1-2H3,(H2,23,24,25,27)/t13-,16-/m0/s1. The number of aryl methyl sites for hydroxylation is 1. The largest absolute Gasteiger partial charge is 0.451 e. The van der Waals surface area contributed by atoms with Crippen molar-refractivity contribution in [3.63, 3.8) is 0 Å². The van der Waals surface area contributed by atoms with Crippen LogP contribution in [-0.4, -0.2) is 35.5 Å². The Kier molecular flexibility index (Phi) is 6.98. The van der Waals surface area contributed by atoms with E-state index in [0.717, 1.165) is 24.8 Å². The lowest BCUT2D eigenvalue weighted by Crippen LogP contribution is -2.48. The molecule has 2 atom stereocenters. The number of benzene rings is 1. The summed E-state index contributed by atoms with van der Waals surface area (Å²) in [6.45, 7) is 3.29. The molecule has 2 aromatic rings. The fourth-order valence-corrected chi connectivity index (χ4v) is 4.35. The van der Waals surface area contributed by atoms with E-state index in [1.165, 1.54) is 17.8 Å². The number of hydrogen-bond acceptors (Lipinski definition) is 6. The number of nitrogens with one attached hydrogen (secondary N) is 2. The molecule has 1 saturated carbocycles. The quantitative estimate of drug-likeness (QED) is 0.726. The number of aromatic nitrogens is 1. The van der Waals surface area contributed by atoms with E-state index in [-0.39, 0.29) is 6.04 Å². The van der Waals surface area contributed by atoms with Gasteiger partial charge in [-0.15, -0.1) is 11.3 Å². The summed E-state index contributed by atoms with van der Waals surface area (Å²) in [7, 11) is 0. The number of carbonyl (C=O) groups is 3. The predicted octanol–water partition coefficient (Wildman–Crippen LogP) is 3.68. The monoisotopic (exact) mass is 415 g/mol. The topological polar surface area (TPSA) is 97.4 Å². The number of urea groups is 1. The Balaban J connectivity index is 1.49. The van der Waals surface area contributed by atoms with Crippen LogP contribution in [0.4, 0.5) is 4.79 Å². The van der Waals surface area contributed by atoms with Gasteiger partial charge in [-0.1, -0.05) is 50.1 Å². The lowest BCUT2D eigenvalue weighted by molar-refractivity contribution is -0.123. The molecule has 0 unspecified atom stereocenters. The molecule has 8 heteroatoms. The van der Waals surface area contributed by atoms with Gasteiger partial charge >= 0.3 is 12.0 Å². The molecule has 1 aliphatic rings. The summed E-state index contributed by atoms with van der Waals surface area (Å²) in [5.74, 6) is -0.904. The highest BCUT2D eigenvalue weighted by Gasteiger charge is 2.24. The molecule has 0 aliphatic heterocycles. The maximum atomic E-state index is 12.3. The first-order valence-electron chi connectivity index (χ1n) is 9.74. The third kappa shape index (κ3) is 5.63. The molecule has 1 aliphatic carbocycles. The van der Waals surface area contributed by atoms with E-state index >= 15 is 0 Å². The minimum Gasteiger partial charge on any atom is -0.451 e. The van der Waals surface area contributed by atoms with Gasteiger partial charge in [0.2, 0.25) is 0 Å². The SMILES string of the molecule is Cc1nc(-c2ccccc2)sc1C(=O)OCC(=O)NC(=O)N[C@H]1CCCC[C@@H]1C. The Morgan fingerprint density at radius 1 is 1.17 bits per heavy atom. The molecule has 1 fully saturated rings. The van der Waals surface area contributed by atoms with Crippen molar-refractivity contribution in [3.05, 3.63) is 40.9 Å². The highest BCUT2D eigenvalue weighted by atomic mass is 32.1. The van der Waals surface area contributed by atoms with Crippen molar-refractivity contribution in [1.82, 2.24) is 15.6 Å². The fourth-order valence-electron chi connectivity index (χ4n) is 3.38. The average molecular weight is 416 g/mol. The van der Waals surface area contributed by atoms with Crippen molar-refractivity contribution < 1.29 is 19.1 Å². The van der Waals surface area contributed by atoms with E-state index in [4.69, 9.17) is 4.74 Å². The predicted molar refractivity (Wildman–Crippen MR) is 111 cm³/mol. The number of imide groups is 1. The molecule has 3 rings (SSSR count). The molecule has 1 aromatic carbocycles. The molecule has 0 radical (unpaired) electrons. The van der Waals surface area contributed by atoms with Gasteiger partial charge in [0.15, 0.2) is 6.61 Å². The number of ether oxygens (including phenoxy) is 1. The van der Waals surface area contributed by atoms with Crippen LogP contribution in [0.25, 0.3) is 10.6 Å². The third-order valence-corrected chi connectivity index (χ3v) is 6.20. The first-order valence-corrected chi connectivity index (χ1v) is 10.6. The Morgan fingerprint density at radius 2 is 1.90 bits per heavy atom. The summed E-state index contributed by atoms with van der Waals surface area (Å²) < 4.78 is 5.07. The zero-order valence-corrected chi connectivity index (χ0v) is 17.4. The number of amides is 3. The van der Waals surface area contributed by atoms with Crippen LogP contribution in [-0.2, 0) is 9.53 Å². The molecule has 7 nitrogen and oxygen atoms in total.